The van der Waals surface area contributed by atoms with Gasteiger partial charge in [-0.1, -0.05) is 99.7 Å². The molecule has 4 rings (SSSR count). The van der Waals surface area contributed by atoms with E-state index < -0.39 is 0 Å². The minimum absolute atomic E-state index is 0.0125. The van der Waals surface area contributed by atoms with Gasteiger partial charge in [-0.25, -0.2) is 0 Å². The first-order chi connectivity index (χ1) is 14.9. The Morgan fingerprint density at radius 3 is 2.00 bits per heavy atom. The average molecular weight is 408 g/mol. The molecule has 0 saturated carbocycles. The highest BCUT2D eigenvalue weighted by atomic mass is 14.9. The highest BCUT2D eigenvalue weighted by molar-refractivity contribution is 5.60. The highest BCUT2D eigenvalue weighted by Crippen LogP contribution is 2.33. The van der Waals surface area contributed by atoms with Gasteiger partial charge in [0.1, 0.15) is 0 Å². The van der Waals surface area contributed by atoms with Gasteiger partial charge in [-0.2, -0.15) is 0 Å². The van der Waals surface area contributed by atoms with E-state index in [1.807, 2.05) is 0 Å². The fraction of sp³-hybridized carbons (Fsp3) is 0.267. The molecular formula is C30H33N. The first-order valence-electron chi connectivity index (χ1n) is 11.3. The van der Waals surface area contributed by atoms with Crippen molar-refractivity contribution >= 4 is 11.4 Å². The molecule has 0 radical (unpaired) electrons. The van der Waals surface area contributed by atoms with Gasteiger partial charge in [0.15, 0.2) is 0 Å². The van der Waals surface area contributed by atoms with E-state index in [0.29, 0.717) is 5.41 Å². The van der Waals surface area contributed by atoms with Gasteiger partial charge in [-0.15, -0.1) is 0 Å². The van der Waals surface area contributed by atoms with Gasteiger partial charge in [-0.05, 0) is 65.6 Å². The summed E-state index contributed by atoms with van der Waals surface area (Å²) in [4.78, 5) is 0. The van der Waals surface area contributed by atoms with Gasteiger partial charge in [-0.3, -0.25) is 0 Å². The van der Waals surface area contributed by atoms with Crippen molar-refractivity contribution in [1.82, 2.24) is 0 Å². The van der Waals surface area contributed by atoms with Crippen LogP contribution < -0.4 is 5.32 Å². The molecule has 0 saturated heterocycles. The third kappa shape index (κ3) is 5.17. The lowest BCUT2D eigenvalue weighted by Gasteiger charge is -2.26. The Labute approximate surface area is 187 Å². The number of nitrogens with one attached hydrogen (secondary N) is 1. The van der Waals surface area contributed by atoms with Crippen molar-refractivity contribution in [3.63, 3.8) is 0 Å². The summed E-state index contributed by atoms with van der Waals surface area (Å²) < 4.78 is 0. The predicted molar refractivity (Wildman–Crippen MR) is 134 cm³/mol. The van der Waals surface area contributed by atoms with Gasteiger partial charge in [0.25, 0.3) is 0 Å². The Morgan fingerprint density at radius 2 is 1.39 bits per heavy atom. The second-order valence-electron chi connectivity index (χ2n) is 9.54. The number of hydrogen-bond acceptors (Lipinski definition) is 1. The van der Waals surface area contributed by atoms with E-state index in [2.05, 4.69) is 129 Å². The van der Waals surface area contributed by atoms with Crippen molar-refractivity contribution in [1.29, 1.82) is 0 Å². The molecule has 1 aliphatic rings. The zero-order valence-electron chi connectivity index (χ0n) is 18.9. The van der Waals surface area contributed by atoms with E-state index in [4.69, 9.17) is 0 Å². The number of aryl methyl sites for hydroxylation is 1. The van der Waals surface area contributed by atoms with E-state index >= 15 is 0 Å². The van der Waals surface area contributed by atoms with Crippen LogP contribution in [0, 0.1) is 5.41 Å². The summed E-state index contributed by atoms with van der Waals surface area (Å²) in [5, 5.41) is 3.54. The van der Waals surface area contributed by atoms with E-state index in [-0.39, 0.29) is 5.41 Å². The van der Waals surface area contributed by atoms with Crippen LogP contribution in [0.2, 0.25) is 0 Å². The molecule has 3 aromatic carbocycles. The fourth-order valence-electron chi connectivity index (χ4n) is 4.30. The van der Waals surface area contributed by atoms with Gasteiger partial charge >= 0.3 is 0 Å². The molecule has 31 heavy (non-hydrogen) atoms. The van der Waals surface area contributed by atoms with Crippen molar-refractivity contribution in [3.8, 4) is 0 Å². The van der Waals surface area contributed by atoms with E-state index in [9.17, 15) is 0 Å². The lowest BCUT2D eigenvalue weighted by Crippen LogP contribution is -2.18. The van der Waals surface area contributed by atoms with Crippen LogP contribution in [0.1, 0.15) is 50.3 Å². The third-order valence-electron chi connectivity index (χ3n) is 6.66. The number of benzene rings is 3. The van der Waals surface area contributed by atoms with Crippen molar-refractivity contribution in [2.45, 2.75) is 45.4 Å². The number of rotatable bonds is 7. The topological polar surface area (TPSA) is 12.0 Å². The molecule has 1 nitrogen and oxygen atoms in total. The lowest BCUT2D eigenvalue weighted by atomic mass is 9.78. The Hall–Kier alpha value is -3.06. The molecule has 3 aromatic rings. The third-order valence-corrected chi connectivity index (χ3v) is 6.66. The number of hydrogen-bond donors (Lipinski definition) is 1. The monoisotopic (exact) mass is 407 g/mol. The quantitative estimate of drug-likeness (QED) is 0.416. The summed E-state index contributed by atoms with van der Waals surface area (Å²) in [5.41, 5.74) is 6.58. The smallest absolute Gasteiger partial charge is 0.0384 e. The summed E-state index contributed by atoms with van der Waals surface area (Å²) in [6, 6.07) is 28.4. The van der Waals surface area contributed by atoms with Crippen molar-refractivity contribution in [3.05, 3.63) is 120 Å². The van der Waals surface area contributed by atoms with Crippen LogP contribution in [0.4, 0.5) is 11.4 Å². The maximum atomic E-state index is 3.54. The Kier molecular flexibility index (Phi) is 6.13. The standard InChI is InChI=1S/C30H33N/c1-29(2,25-10-6-4-7-11-25)26-14-18-28(19-15-26)31-27-16-12-24(13-17-27)20-23-30(3)21-8-5-9-22-30/h4-19,21,31H,20,22-23H2,1-3H3. The Balaban J connectivity index is 1.37. The van der Waals surface area contributed by atoms with Gasteiger partial charge < -0.3 is 5.32 Å². The van der Waals surface area contributed by atoms with Crippen molar-refractivity contribution in [2.75, 3.05) is 5.32 Å². The maximum Gasteiger partial charge on any atom is 0.0384 e. The number of allylic oxidation sites excluding steroid dienone is 4. The average Bonchev–Trinajstić information content (AvgIpc) is 2.80. The minimum Gasteiger partial charge on any atom is -0.356 e. The molecule has 1 heteroatoms. The Bertz CT molecular complexity index is 1040. The Morgan fingerprint density at radius 1 is 0.774 bits per heavy atom. The molecule has 0 amide bonds. The SMILES string of the molecule is CC1(CCc2ccc(Nc3ccc(C(C)(C)c4ccccc4)cc3)cc2)C=CC=CC1. The van der Waals surface area contributed by atoms with Crippen LogP contribution in [0.15, 0.2) is 103 Å². The molecule has 0 fully saturated rings. The van der Waals surface area contributed by atoms with E-state index in [0.717, 1.165) is 24.2 Å². The van der Waals surface area contributed by atoms with Crippen molar-refractivity contribution < 1.29 is 0 Å². The molecule has 1 aliphatic carbocycles. The van der Waals surface area contributed by atoms with Gasteiger partial charge in [0.05, 0.1) is 0 Å². The molecule has 1 unspecified atom stereocenters. The van der Waals surface area contributed by atoms with Crippen molar-refractivity contribution in [2.24, 2.45) is 5.41 Å². The van der Waals surface area contributed by atoms with Crippen LogP contribution in [-0.2, 0) is 11.8 Å². The molecule has 0 spiro atoms. The van der Waals surface area contributed by atoms with Gasteiger partial charge in [0.2, 0.25) is 0 Å². The number of anilines is 2. The summed E-state index contributed by atoms with van der Waals surface area (Å²) in [6.07, 6.45) is 12.4. The zero-order chi connectivity index (χ0) is 21.7. The molecule has 0 aromatic heterocycles. The molecule has 0 bridgehead atoms. The maximum absolute atomic E-state index is 3.54. The second kappa shape index (κ2) is 8.98. The fourth-order valence-corrected chi connectivity index (χ4v) is 4.30. The minimum atomic E-state index is -0.0125. The van der Waals surface area contributed by atoms with Crippen LogP contribution >= 0.6 is 0 Å². The predicted octanol–water partition coefficient (Wildman–Crippen LogP) is 8.21. The lowest BCUT2D eigenvalue weighted by molar-refractivity contribution is 0.394. The van der Waals surface area contributed by atoms with Crippen LogP contribution in [-0.4, -0.2) is 0 Å². The molecule has 1 atom stereocenters. The summed E-state index contributed by atoms with van der Waals surface area (Å²) in [6.45, 7) is 6.91. The molecular weight excluding hydrogens is 374 g/mol. The molecule has 0 aliphatic heterocycles. The summed E-state index contributed by atoms with van der Waals surface area (Å²) in [5.74, 6) is 0. The summed E-state index contributed by atoms with van der Waals surface area (Å²) in [7, 11) is 0. The largest absolute Gasteiger partial charge is 0.356 e. The normalized spacial score (nSPS) is 18.2. The first-order valence-corrected chi connectivity index (χ1v) is 11.3. The van der Waals surface area contributed by atoms with Crippen LogP contribution in [0.25, 0.3) is 0 Å². The van der Waals surface area contributed by atoms with Gasteiger partial charge in [0, 0.05) is 16.8 Å². The van der Waals surface area contributed by atoms with E-state index in [1.54, 1.807) is 0 Å². The highest BCUT2D eigenvalue weighted by Gasteiger charge is 2.22. The first kappa shape index (κ1) is 21.2. The molecule has 1 N–H and O–H groups in total. The van der Waals surface area contributed by atoms with Crippen LogP contribution in [0.3, 0.4) is 0 Å². The molecule has 158 valence electrons. The van der Waals surface area contributed by atoms with Crippen LogP contribution in [0.5, 0.6) is 0 Å². The van der Waals surface area contributed by atoms with E-state index in [1.165, 1.54) is 23.1 Å². The second-order valence-corrected chi connectivity index (χ2v) is 9.54. The molecule has 0 heterocycles. The summed E-state index contributed by atoms with van der Waals surface area (Å²) >= 11 is 0. The zero-order valence-corrected chi connectivity index (χ0v) is 18.9.